The standard InChI is InChI=1S/C28H26BN3O2/c1-27(2)28(3,4)34-29(33-27)24-17-16-21(22-9-5-6-10-23(22)24)19-12-14-20(15-13-19)26-30-25-11-7-8-18-32(25)31-26/h5-18H,1-4H3. The van der Waals surface area contributed by atoms with Crippen molar-refractivity contribution in [3.8, 4) is 22.5 Å². The maximum atomic E-state index is 6.36. The van der Waals surface area contributed by atoms with E-state index in [9.17, 15) is 0 Å². The lowest BCUT2D eigenvalue weighted by atomic mass is 9.75. The number of fused-ring (bicyclic) bond motifs is 2. The van der Waals surface area contributed by atoms with Crippen molar-refractivity contribution in [3.63, 3.8) is 0 Å². The highest BCUT2D eigenvalue weighted by molar-refractivity contribution is 6.65. The molecule has 0 saturated carbocycles. The van der Waals surface area contributed by atoms with Gasteiger partial charge in [0.15, 0.2) is 11.5 Å². The molecule has 0 atom stereocenters. The number of pyridine rings is 1. The third-order valence-corrected chi connectivity index (χ3v) is 7.16. The predicted molar refractivity (Wildman–Crippen MR) is 137 cm³/mol. The van der Waals surface area contributed by atoms with E-state index in [0.717, 1.165) is 33.4 Å². The minimum atomic E-state index is -0.396. The van der Waals surface area contributed by atoms with Crippen LogP contribution in [0.4, 0.5) is 0 Å². The molecule has 5 nitrogen and oxygen atoms in total. The summed E-state index contributed by atoms with van der Waals surface area (Å²) in [5.41, 5.74) is 4.45. The van der Waals surface area contributed by atoms with Crippen LogP contribution in [-0.2, 0) is 9.31 Å². The topological polar surface area (TPSA) is 48.7 Å². The lowest BCUT2D eigenvalue weighted by molar-refractivity contribution is 0.00578. The fourth-order valence-electron chi connectivity index (χ4n) is 4.50. The van der Waals surface area contributed by atoms with Crippen LogP contribution in [0.3, 0.4) is 0 Å². The molecule has 168 valence electrons. The zero-order valence-electron chi connectivity index (χ0n) is 19.8. The maximum Gasteiger partial charge on any atom is 0.495 e. The second-order valence-corrected chi connectivity index (χ2v) is 9.85. The molecule has 1 saturated heterocycles. The minimum Gasteiger partial charge on any atom is -0.399 e. The molecule has 0 aliphatic carbocycles. The van der Waals surface area contributed by atoms with Crippen molar-refractivity contribution < 1.29 is 9.31 Å². The lowest BCUT2D eigenvalue weighted by Gasteiger charge is -2.32. The monoisotopic (exact) mass is 447 g/mol. The van der Waals surface area contributed by atoms with E-state index in [1.807, 2.05) is 24.4 Å². The van der Waals surface area contributed by atoms with Crippen molar-refractivity contribution in [3.05, 3.63) is 85.1 Å². The summed E-state index contributed by atoms with van der Waals surface area (Å²) in [5.74, 6) is 0.721. The highest BCUT2D eigenvalue weighted by Crippen LogP contribution is 2.38. The van der Waals surface area contributed by atoms with Gasteiger partial charge in [-0.25, -0.2) is 9.50 Å². The molecule has 1 fully saturated rings. The third kappa shape index (κ3) is 3.33. The van der Waals surface area contributed by atoms with Crippen molar-refractivity contribution >= 4 is 29.0 Å². The van der Waals surface area contributed by atoms with Crippen LogP contribution in [0.5, 0.6) is 0 Å². The predicted octanol–water partition coefficient (Wildman–Crippen LogP) is 5.52. The second kappa shape index (κ2) is 7.52. The first-order valence-electron chi connectivity index (χ1n) is 11.6. The number of hydrogen-bond donors (Lipinski definition) is 0. The molecule has 5 aromatic rings. The van der Waals surface area contributed by atoms with Crippen LogP contribution in [0, 0.1) is 0 Å². The van der Waals surface area contributed by atoms with Gasteiger partial charge in [-0.15, -0.1) is 5.10 Å². The van der Waals surface area contributed by atoms with Crippen LogP contribution in [0.25, 0.3) is 38.9 Å². The SMILES string of the molecule is CC1(C)OB(c2ccc(-c3ccc(-c4nc5ccccn5n4)cc3)c3ccccc23)OC1(C)C. The fraction of sp³-hybridized carbons (Fsp3) is 0.214. The molecule has 0 N–H and O–H groups in total. The van der Waals surface area contributed by atoms with Gasteiger partial charge in [0.2, 0.25) is 0 Å². The summed E-state index contributed by atoms with van der Waals surface area (Å²) in [6, 6.07) is 27.1. The molecule has 6 heteroatoms. The summed E-state index contributed by atoms with van der Waals surface area (Å²) in [6.07, 6.45) is 1.91. The van der Waals surface area contributed by atoms with Gasteiger partial charge in [-0.05, 0) is 67.2 Å². The molecule has 0 spiro atoms. The Hall–Kier alpha value is -3.48. The Kier molecular flexibility index (Phi) is 4.66. The quantitative estimate of drug-likeness (QED) is 0.342. The van der Waals surface area contributed by atoms with Gasteiger partial charge in [-0.1, -0.05) is 66.7 Å². The normalized spacial score (nSPS) is 17.0. The second-order valence-electron chi connectivity index (χ2n) is 9.85. The van der Waals surface area contributed by atoms with Gasteiger partial charge in [-0.2, -0.15) is 0 Å². The number of benzene rings is 3. The van der Waals surface area contributed by atoms with E-state index in [0.29, 0.717) is 0 Å². The van der Waals surface area contributed by atoms with Crippen LogP contribution in [0.15, 0.2) is 85.1 Å². The van der Waals surface area contributed by atoms with Crippen molar-refractivity contribution in [1.82, 2.24) is 14.6 Å². The summed E-state index contributed by atoms with van der Waals surface area (Å²) in [6.45, 7) is 8.35. The lowest BCUT2D eigenvalue weighted by Crippen LogP contribution is -2.41. The van der Waals surface area contributed by atoms with Crippen LogP contribution in [0.1, 0.15) is 27.7 Å². The molecule has 6 rings (SSSR count). The zero-order chi connectivity index (χ0) is 23.5. The van der Waals surface area contributed by atoms with Gasteiger partial charge in [0.05, 0.1) is 11.2 Å². The first kappa shape index (κ1) is 21.1. The number of rotatable bonds is 3. The zero-order valence-corrected chi connectivity index (χ0v) is 19.8. The van der Waals surface area contributed by atoms with E-state index >= 15 is 0 Å². The highest BCUT2D eigenvalue weighted by atomic mass is 16.7. The van der Waals surface area contributed by atoms with Crippen LogP contribution in [0.2, 0.25) is 0 Å². The molecule has 0 unspecified atom stereocenters. The van der Waals surface area contributed by atoms with Gasteiger partial charge >= 0.3 is 7.12 Å². The molecular formula is C28H26BN3O2. The molecule has 0 radical (unpaired) electrons. The Balaban J connectivity index is 1.38. The van der Waals surface area contributed by atoms with Gasteiger partial charge in [-0.3, -0.25) is 0 Å². The first-order chi connectivity index (χ1) is 16.3. The van der Waals surface area contributed by atoms with Crippen molar-refractivity contribution in [2.45, 2.75) is 38.9 Å². The van der Waals surface area contributed by atoms with Gasteiger partial charge < -0.3 is 9.31 Å². The van der Waals surface area contributed by atoms with Gasteiger partial charge in [0.25, 0.3) is 0 Å². The van der Waals surface area contributed by atoms with Crippen LogP contribution in [-0.4, -0.2) is 32.9 Å². The molecule has 3 heterocycles. The van der Waals surface area contributed by atoms with Gasteiger partial charge in [0, 0.05) is 11.8 Å². The summed E-state index contributed by atoms with van der Waals surface area (Å²) in [4.78, 5) is 4.64. The number of hydrogen-bond acceptors (Lipinski definition) is 4. The van der Waals surface area contributed by atoms with Crippen molar-refractivity contribution in [2.24, 2.45) is 0 Å². The van der Waals surface area contributed by atoms with E-state index in [1.165, 1.54) is 10.9 Å². The van der Waals surface area contributed by atoms with Crippen LogP contribution < -0.4 is 5.46 Å². The average Bonchev–Trinajstić information content (AvgIpc) is 3.36. The van der Waals surface area contributed by atoms with Gasteiger partial charge in [0.1, 0.15) is 0 Å². The fourth-order valence-corrected chi connectivity index (χ4v) is 4.50. The third-order valence-electron chi connectivity index (χ3n) is 7.16. The molecule has 1 aliphatic heterocycles. The minimum absolute atomic E-state index is 0.376. The van der Waals surface area contributed by atoms with E-state index in [1.54, 1.807) is 4.52 Å². The summed E-state index contributed by atoms with van der Waals surface area (Å²) < 4.78 is 14.5. The van der Waals surface area contributed by atoms with E-state index in [4.69, 9.17) is 9.31 Å². The Morgan fingerprint density at radius 2 is 1.35 bits per heavy atom. The molecule has 34 heavy (non-hydrogen) atoms. The van der Waals surface area contributed by atoms with Crippen molar-refractivity contribution in [1.29, 1.82) is 0 Å². The maximum absolute atomic E-state index is 6.36. The molecular weight excluding hydrogens is 421 g/mol. The Bertz CT molecular complexity index is 1470. The van der Waals surface area contributed by atoms with E-state index in [-0.39, 0.29) is 11.2 Å². The average molecular weight is 447 g/mol. The van der Waals surface area contributed by atoms with E-state index in [2.05, 4.69) is 98.4 Å². The summed E-state index contributed by atoms with van der Waals surface area (Å²) >= 11 is 0. The Labute approximate surface area is 199 Å². The number of nitrogens with zero attached hydrogens (tertiary/aromatic N) is 3. The summed E-state index contributed by atoms with van der Waals surface area (Å²) in [7, 11) is -0.396. The smallest absolute Gasteiger partial charge is 0.399 e. The Morgan fingerprint density at radius 3 is 2.06 bits per heavy atom. The molecule has 3 aromatic carbocycles. The summed E-state index contributed by atoms with van der Waals surface area (Å²) in [5, 5.41) is 6.91. The van der Waals surface area contributed by atoms with E-state index < -0.39 is 7.12 Å². The largest absolute Gasteiger partial charge is 0.495 e. The molecule has 2 aromatic heterocycles. The molecule has 0 amide bonds. The highest BCUT2D eigenvalue weighted by Gasteiger charge is 2.52. The number of aromatic nitrogens is 3. The Morgan fingerprint density at radius 1 is 0.706 bits per heavy atom. The van der Waals surface area contributed by atoms with Crippen molar-refractivity contribution in [2.75, 3.05) is 0 Å². The molecule has 1 aliphatic rings. The molecule has 0 bridgehead atoms. The van der Waals surface area contributed by atoms with Crippen LogP contribution >= 0.6 is 0 Å². The first-order valence-corrected chi connectivity index (χ1v) is 11.6.